The van der Waals surface area contributed by atoms with Gasteiger partial charge in [-0.3, -0.25) is 0 Å². The van der Waals surface area contributed by atoms with Crippen LogP contribution in [0, 0.1) is 0 Å². The zero-order valence-corrected chi connectivity index (χ0v) is 18.3. The standard InChI is InChI=1S/C11H14F3NO.C11H17NO/c1-9(2,3)8-6-7(15-16-8)10(4-5-10)11(12,13)14;1-10(2,3)8-7-9(13-12-8)11(4)5-6-11/h6H,4-5H2,1-3H3;7H,5-6H2,1-4H3. The fourth-order valence-electron chi connectivity index (χ4n) is 3.01. The van der Waals surface area contributed by atoms with E-state index in [0.717, 1.165) is 11.5 Å². The first-order valence-electron chi connectivity index (χ1n) is 10.1. The smallest absolute Gasteiger partial charge is 0.361 e. The van der Waals surface area contributed by atoms with Gasteiger partial charge in [0.05, 0.1) is 11.4 Å². The summed E-state index contributed by atoms with van der Waals surface area (Å²) >= 11 is 0. The molecule has 0 aromatic carbocycles. The van der Waals surface area contributed by atoms with Gasteiger partial charge in [-0.05, 0) is 25.7 Å². The number of halogens is 3. The molecule has 0 N–H and O–H groups in total. The van der Waals surface area contributed by atoms with Crippen molar-refractivity contribution in [2.75, 3.05) is 0 Å². The maximum Gasteiger partial charge on any atom is 0.400 e. The summed E-state index contributed by atoms with van der Waals surface area (Å²) in [7, 11) is 0. The van der Waals surface area contributed by atoms with Gasteiger partial charge in [0.15, 0.2) is 0 Å². The minimum atomic E-state index is -4.22. The van der Waals surface area contributed by atoms with Crippen LogP contribution in [0.25, 0.3) is 0 Å². The van der Waals surface area contributed by atoms with Gasteiger partial charge in [0.1, 0.15) is 16.9 Å². The van der Waals surface area contributed by atoms with E-state index in [2.05, 4.69) is 44.1 Å². The van der Waals surface area contributed by atoms with Gasteiger partial charge in [0.2, 0.25) is 0 Å². The lowest BCUT2D eigenvalue weighted by molar-refractivity contribution is -0.161. The molecule has 2 aromatic heterocycles. The largest absolute Gasteiger partial charge is 0.400 e. The molecule has 4 nitrogen and oxygen atoms in total. The van der Waals surface area contributed by atoms with E-state index < -0.39 is 11.6 Å². The van der Waals surface area contributed by atoms with Gasteiger partial charge in [0.25, 0.3) is 0 Å². The summed E-state index contributed by atoms with van der Waals surface area (Å²) in [6.07, 6.45) is -1.50. The molecular weight excluding hydrogens is 381 g/mol. The molecule has 2 fully saturated rings. The SMILES string of the molecule is CC(C)(C)c1cc(C2(C(F)(F)F)CC2)no1.CC(C)(C)c1cc(C2(C)CC2)on1. The van der Waals surface area contributed by atoms with E-state index in [9.17, 15) is 13.2 Å². The number of alkyl halides is 3. The molecule has 2 aromatic rings. The van der Waals surface area contributed by atoms with Crippen LogP contribution in [0.5, 0.6) is 0 Å². The van der Waals surface area contributed by atoms with E-state index >= 15 is 0 Å². The number of hydrogen-bond acceptors (Lipinski definition) is 4. The molecule has 0 radical (unpaired) electrons. The molecule has 0 amide bonds. The Kier molecular flexibility index (Phi) is 4.99. The van der Waals surface area contributed by atoms with Crippen LogP contribution in [-0.2, 0) is 21.7 Å². The molecule has 2 aliphatic carbocycles. The highest BCUT2D eigenvalue weighted by Gasteiger charge is 2.66. The van der Waals surface area contributed by atoms with E-state index in [1.165, 1.54) is 18.9 Å². The zero-order chi connectivity index (χ0) is 21.9. The number of rotatable bonds is 2. The summed E-state index contributed by atoms with van der Waals surface area (Å²) in [6, 6.07) is 3.56. The molecule has 29 heavy (non-hydrogen) atoms. The van der Waals surface area contributed by atoms with Crippen molar-refractivity contribution >= 4 is 0 Å². The van der Waals surface area contributed by atoms with Crippen molar-refractivity contribution < 1.29 is 22.2 Å². The van der Waals surface area contributed by atoms with E-state index in [1.807, 2.05) is 20.8 Å². The molecule has 7 heteroatoms. The molecule has 4 rings (SSSR count). The molecule has 0 aliphatic heterocycles. The van der Waals surface area contributed by atoms with Crippen LogP contribution in [0.3, 0.4) is 0 Å². The Hall–Kier alpha value is -1.79. The molecule has 0 unspecified atom stereocenters. The van der Waals surface area contributed by atoms with Gasteiger partial charge < -0.3 is 9.05 Å². The first-order valence-corrected chi connectivity index (χ1v) is 10.1. The molecule has 2 heterocycles. The molecule has 2 aliphatic rings. The fraction of sp³-hybridized carbons (Fsp3) is 0.727. The topological polar surface area (TPSA) is 52.1 Å². The highest BCUT2D eigenvalue weighted by molar-refractivity contribution is 5.29. The Morgan fingerprint density at radius 2 is 1.41 bits per heavy atom. The number of aromatic nitrogens is 2. The third-order valence-corrected chi connectivity index (χ3v) is 5.91. The lowest BCUT2D eigenvalue weighted by Crippen LogP contribution is -2.28. The Bertz CT molecular complexity index is 838. The molecule has 0 atom stereocenters. The van der Waals surface area contributed by atoms with E-state index in [4.69, 9.17) is 9.05 Å². The van der Waals surface area contributed by atoms with Gasteiger partial charge in [-0.25, -0.2) is 0 Å². The summed E-state index contributed by atoms with van der Waals surface area (Å²) in [5.41, 5.74) is -0.545. The normalized spacial score (nSPS) is 20.1. The van der Waals surface area contributed by atoms with Gasteiger partial charge in [0, 0.05) is 28.4 Å². The van der Waals surface area contributed by atoms with Crippen LogP contribution in [-0.4, -0.2) is 16.5 Å². The van der Waals surface area contributed by atoms with Crippen LogP contribution in [0.15, 0.2) is 21.2 Å². The van der Waals surface area contributed by atoms with Crippen molar-refractivity contribution in [3.8, 4) is 0 Å². The van der Waals surface area contributed by atoms with Crippen molar-refractivity contribution in [3.05, 3.63) is 35.0 Å². The third kappa shape index (κ3) is 4.38. The summed E-state index contributed by atoms with van der Waals surface area (Å²) < 4.78 is 48.8. The van der Waals surface area contributed by atoms with Crippen molar-refractivity contribution in [1.29, 1.82) is 0 Å². The molecular formula is C22H31F3N2O2. The Morgan fingerprint density at radius 1 is 0.828 bits per heavy atom. The summed E-state index contributed by atoms with van der Waals surface area (Å²) in [6.45, 7) is 14.3. The second kappa shape index (κ2) is 6.61. The maximum atomic E-state index is 12.8. The molecule has 0 saturated heterocycles. The quantitative estimate of drug-likeness (QED) is 0.558. The lowest BCUT2D eigenvalue weighted by atomic mass is 9.91. The van der Waals surface area contributed by atoms with Crippen LogP contribution in [0.1, 0.15) is 97.1 Å². The van der Waals surface area contributed by atoms with E-state index in [-0.39, 0.29) is 29.4 Å². The monoisotopic (exact) mass is 412 g/mol. The summed E-state index contributed by atoms with van der Waals surface area (Å²) in [5, 5.41) is 7.71. The number of nitrogens with zero attached hydrogens (tertiary/aromatic N) is 2. The number of hydrogen-bond donors (Lipinski definition) is 0. The molecule has 162 valence electrons. The van der Waals surface area contributed by atoms with Crippen molar-refractivity contribution in [1.82, 2.24) is 10.3 Å². The average Bonchev–Trinajstić information content (AvgIpc) is 3.38. The fourth-order valence-corrected chi connectivity index (χ4v) is 3.01. The van der Waals surface area contributed by atoms with Crippen molar-refractivity contribution in [2.45, 2.75) is 102 Å². The highest BCUT2D eigenvalue weighted by atomic mass is 19.4. The minimum absolute atomic E-state index is 0.0323. The highest BCUT2D eigenvalue weighted by Crippen LogP contribution is 2.58. The van der Waals surface area contributed by atoms with E-state index in [0.29, 0.717) is 11.2 Å². The molecule has 0 spiro atoms. The first kappa shape index (κ1) is 21.9. The Labute approximate surface area is 170 Å². The predicted molar refractivity (Wildman–Crippen MR) is 104 cm³/mol. The Morgan fingerprint density at radius 3 is 1.76 bits per heavy atom. The summed E-state index contributed by atoms with van der Waals surface area (Å²) in [5.74, 6) is 1.57. The first-order chi connectivity index (χ1) is 13.1. The lowest BCUT2D eigenvalue weighted by Gasteiger charge is -2.16. The maximum absolute atomic E-state index is 12.8. The second-order valence-corrected chi connectivity index (χ2v) is 10.8. The van der Waals surface area contributed by atoms with Gasteiger partial charge in [-0.1, -0.05) is 58.8 Å². The van der Waals surface area contributed by atoms with Crippen LogP contribution < -0.4 is 0 Å². The van der Waals surface area contributed by atoms with Crippen LogP contribution in [0.4, 0.5) is 13.2 Å². The van der Waals surface area contributed by atoms with Crippen LogP contribution in [0.2, 0.25) is 0 Å². The van der Waals surface area contributed by atoms with Gasteiger partial charge in [-0.2, -0.15) is 13.2 Å². The van der Waals surface area contributed by atoms with Gasteiger partial charge >= 0.3 is 6.18 Å². The second-order valence-electron chi connectivity index (χ2n) is 10.8. The third-order valence-electron chi connectivity index (χ3n) is 5.91. The van der Waals surface area contributed by atoms with E-state index in [1.54, 1.807) is 0 Å². The van der Waals surface area contributed by atoms with Crippen molar-refractivity contribution in [2.24, 2.45) is 0 Å². The molecule has 2 saturated carbocycles. The average molecular weight is 412 g/mol. The zero-order valence-electron chi connectivity index (χ0n) is 18.3. The Balaban J connectivity index is 0.000000169. The molecule has 0 bridgehead atoms. The minimum Gasteiger partial charge on any atom is -0.361 e. The summed E-state index contributed by atoms with van der Waals surface area (Å²) in [4.78, 5) is 0. The predicted octanol–water partition coefficient (Wildman–Crippen LogP) is 6.59. The van der Waals surface area contributed by atoms with Crippen molar-refractivity contribution in [3.63, 3.8) is 0 Å². The van der Waals surface area contributed by atoms with Gasteiger partial charge in [-0.15, -0.1) is 0 Å². The van der Waals surface area contributed by atoms with Crippen LogP contribution >= 0.6 is 0 Å².